The van der Waals surface area contributed by atoms with Crippen molar-refractivity contribution in [3.05, 3.63) is 22.2 Å². The van der Waals surface area contributed by atoms with Crippen LogP contribution in [-0.4, -0.2) is 5.54 Å². The number of nitrogens with two attached hydrogens (primary N) is 1. The van der Waals surface area contributed by atoms with Gasteiger partial charge in [0.05, 0.1) is 0 Å². The maximum atomic E-state index is 5.84. The maximum absolute atomic E-state index is 5.84. The van der Waals surface area contributed by atoms with Crippen LogP contribution in [0.1, 0.15) is 31.7 Å². The third-order valence-corrected chi connectivity index (χ3v) is 3.91. The molecule has 3 heteroatoms. The molecule has 0 aliphatic heterocycles. The van der Waals surface area contributed by atoms with Crippen molar-refractivity contribution >= 4 is 27.3 Å². The zero-order valence-corrected chi connectivity index (χ0v) is 10.8. The van der Waals surface area contributed by atoms with Crippen LogP contribution in [0.3, 0.4) is 0 Å². The molecule has 0 atom stereocenters. The van der Waals surface area contributed by atoms with Gasteiger partial charge in [-0.05, 0) is 66.7 Å². The lowest BCUT2D eigenvalue weighted by atomic mass is 9.78. The highest BCUT2D eigenvalue weighted by Gasteiger charge is 2.31. The Morgan fingerprint density at radius 2 is 2.07 bits per heavy atom. The van der Waals surface area contributed by atoms with Crippen LogP contribution < -0.4 is 11.1 Å². The van der Waals surface area contributed by atoms with Gasteiger partial charge in [0, 0.05) is 21.4 Å². The summed E-state index contributed by atoms with van der Waals surface area (Å²) in [5.41, 5.74) is 9.25. The molecular formula is C12H17BrN2. The molecule has 0 amide bonds. The molecule has 1 aliphatic carbocycles. The fourth-order valence-electron chi connectivity index (χ4n) is 1.95. The minimum Gasteiger partial charge on any atom is -0.398 e. The normalized spacial score (nSPS) is 18.3. The molecule has 2 nitrogen and oxygen atoms in total. The summed E-state index contributed by atoms with van der Waals surface area (Å²) in [6, 6.07) is 4.09. The number of benzene rings is 1. The molecule has 82 valence electrons. The fraction of sp³-hybridized carbons (Fsp3) is 0.500. The number of nitrogens with one attached hydrogen (secondary N) is 1. The number of anilines is 2. The SMILES string of the molecule is Cc1cc(NC2(C)CCC2)c(Br)cc1N. The Hall–Kier alpha value is -0.700. The van der Waals surface area contributed by atoms with Gasteiger partial charge in [0.1, 0.15) is 0 Å². The largest absolute Gasteiger partial charge is 0.398 e. The number of aryl methyl sites for hydroxylation is 1. The van der Waals surface area contributed by atoms with Crippen LogP contribution in [0.15, 0.2) is 16.6 Å². The van der Waals surface area contributed by atoms with Crippen molar-refractivity contribution in [1.82, 2.24) is 0 Å². The second-order valence-corrected chi connectivity index (χ2v) is 5.58. The van der Waals surface area contributed by atoms with Gasteiger partial charge in [-0.3, -0.25) is 0 Å². The second kappa shape index (κ2) is 3.71. The summed E-state index contributed by atoms with van der Waals surface area (Å²) >= 11 is 3.54. The summed E-state index contributed by atoms with van der Waals surface area (Å²) in [6.45, 7) is 4.31. The van der Waals surface area contributed by atoms with Crippen molar-refractivity contribution in [2.45, 2.75) is 38.6 Å². The predicted molar refractivity (Wildman–Crippen MR) is 69.2 cm³/mol. The maximum Gasteiger partial charge on any atom is 0.0493 e. The average molecular weight is 269 g/mol. The van der Waals surface area contributed by atoms with Gasteiger partial charge in [0.25, 0.3) is 0 Å². The summed E-state index contributed by atoms with van der Waals surface area (Å²) in [5, 5.41) is 3.59. The minimum atomic E-state index is 0.283. The smallest absolute Gasteiger partial charge is 0.0493 e. The first-order valence-electron chi connectivity index (χ1n) is 5.34. The first-order valence-corrected chi connectivity index (χ1v) is 6.13. The molecule has 1 fully saturated rings. The van der Waals surface area contributed by atoms with E-state index in [0.717, 1.165) is 21.4 Å². The molecule has 0 radical (unpaired) electrons. The summed E-state index contributed by atoms with van der Waals surface area (Å²) in [5.74, 6) is 0. The van der Waals surface area contributed by atoms with Crippen molar-refractivity contribution in [3.63, 3.8) is 0 Å². The molecule has 1 aromatic carbocycles. The van der Waals surface area contributed by atoms with E-state index in [1.54, 1.807) is 0 Å². The Kier molecular flexibility index (Phi) is 2.67. The van der Waals surface area contributed by atoms with Gasteiger partial charge in [-0.1, -0.05) is 0 Å². The van der Waals surface area contributed by atoms with Gasteiger partial charge >= 0.3 is 0 Å². The lowest BCUT2D eigenvalue weighted by molar-refractivity contribution is 0.306. The van der Waals surface area contributed by atoms with Gasteiger partial charge in [-0.25, -0.2) is 0 Å². The topological polar surface area (TPSA) is 38.0 Å². The van der Waals surface area contributed by atoms with Crippen molar-refractivity contribution in [1.29, 1.82) is 0 Å². The highest BCUT2D eigenvalue weighted by molar-refractivity contribution is 9.10. The molecule has 3 N–H and O–H groups in total. The monoisotopic (exact) mass is 268 g/mol. The van der Waals surface area contributed by atoms with Crippen LogP contribution >= 0.6 is 15.9 Å². The molecule has 0 aromatic heterocycles. The fourth-order valence-corrected chi connectivity index (χ4v) is 2.41. The third kappa shape index (κ3) is 2.12. The zero-order chi connectivity index (χ0) is 11.1. The van der Waals surface area contributed by atoms with E-state index in [0.29, 0.717) is 0 Å². The molecule has 1 aromatic rings. The number of nitrogen functional groups attached to an aromatic ring is 1. The van der Waals surface area contributed by atoms with Crippen LogP contribution in [0.2, 0.25) is 0 Å². The van der Waals surface area contributed by atoms with E-state index in [1.807, 2.05) is 13.0 Å². The molecule has 15 heavy (non-hydrogen) atoms. The van der Waals surface area contributed by atoms with Crippen LogP contribution in [0.25, 0.3) is 0 Å². The van der Waals surface area contributed by atoms with Crippen LogP contribution in [-0.2, 0) is 0 Å². The van der Waals surface area contributed by atoms with Crippen molar-refractivity contribution in [3.8, 4) is 0 Å². The van der Waals surface area contributed by atoms with Crippen LogP contribution in [0.5, 0.6) is 0 Å². The van der Waals surface area contributed by atoms with Crippen molar-refractivity contribution in [2.75, 3.05) is 11.1 Å². The zero-order valence-electron chi connectivity index (χ0n) is 9.23. The lowest BCUT2D eigenvalue weighted by Crippen LogP contribution is -2.41. The average Bonchev–Trinajstić information content (AvgIpc) is 2.11. The van der Waals surface area contributed by atoms with E-state index in [2.05, 4.69) is 34.2 Å². The van der Waals surface area contributed by atoms with Crippen LogP contribution in [0.4, 0.5) is 11.4 Å². The van der Waals surface area contributed by atoms with Gasteiger partial charge in [0.15, 0.2) is 0 Å². The first kappa shape index (κ1) is 10.8. The van der Waals surface area contributed by atoms with Gasteiger partial charge in [-0.2, -0.15) is 0 Å². The van der Waals surface area contributed by atoms with Gasteiger partial charge in [0.2, 0.25) is 0 Å². The van der Waals surface area contributed by atoms with E-state index in [9.17, 15) is 0 Å². The summed E-state index contributed by atoms with van der Waals surface area (Å²) in [4.78, 5) is 0. The van der Waals surface area contributed by atoms with E-state index < -0.39 is 0 Å². The summed E-state index contributed by atoms with van der Waals surface area (Å²) in [6.07, 6.45) is 3.83. The van der Waals surface area contributed by atoms with E-state index in [1.165, 1.54) is 19.3 Å². The number of halogens is 1. The highest BCUT2D eigenvalue weighted by Crippen LogP contribution is 2.37. The van der Waals surface area contributed by atoms with Gasteiger partial charge < -0.3 is 11.1 Å². The Balaban J connectivity index is 2.24. The molecule has 1 aliphatic rings. The van der Waals surface area contributed by atoms with E-state index in [4.69, 9.17) is 5.73 Å². The molecule has 0 heterocycles. The Bertz CT molecular complexity index is 383. The first-order chi connectivity index (χ1) is 7.00. The molecule has 0 spiro atoms. The second-order valence-electron chi connectivity index (χ2n) is 4.73. The minimum absolute atomic E-state index is 0.283. The number of hydrogen-bond donors (Lipinski definition) is 2. The molecule has 1 saturated carbocycles. The van der Waals surface area contributed by atoms with Crippen molar-refractivity contribution in [2.24, 2.45) is 0 Å². The Morgan fingerprint density at radius 1 is 1.40 bits per heavy atom. The Labute approximate surface area is 99.4 Å². The van der Waals surface area contributed by atoms with Crippen LogP contribution in [0, 0.1) is 6.92 Å². The predicted octanol–water partition coefficient (Wildman–Crippen LogP) is 3.69. The van der Waals surface area contributed by atoms with Gasteiger partial charge in [-0.15, -0.1) is 0 Å². The highest BCUT2D eigenvalue weighted by atomic mass is 79.9. The lowest BCUT2D eigenvalue weighted by Gasteiger charge is -2.40. The van der Waals surface area contributed by atoms with Crippen molar-refractivity contribution < 1.29 is 0 Å². The molecule has 2 rings (SSSR count). The quantitative estimate of drug-likeness (QED) is 0.803. The molecule has 0 saturated heterocycles. The Morgan fingerprint density at radius 3 is 2.60 bits per heavy atom. The molecular weight excluding hydrogens is 252 g/mol. The number of hydrogen-bond acceptors (Lipinski definition) is 2. The third-order valence-electron chi connectivity index (χ3n) is 3.25. The molecule has 0 unspecified atom stereocenters. The standard InChI is InChI=1S/C12H17BrN2/c1-8-6-11(9(13)7-10(8)14)15-12(2)4-3-5-12/h6-7,15H,3-5,14H2,1-2H3. The summed E-state index contributed by atoms with van der Waals surface area (Å²) < 4.78 is 1.05. The molecule has 0 bridgehead atoms. The van der Waals surface area contributed by atoms with E-state index >= 15 is 0 Å². The van der Waals surface area contributed by atoms with E-state index in [-0.39, 0.29) is 5.54 Å². The number of rotatable bonds is 2. The summed E-state index contributed by atoms with van der Waals surface area (Å²) in [7, 11) is 0.